The maximum Gasteiger partial charge on any atom is 0.302 e. The van der Waals surface area contributed by atoms with Gasteiger partial charge in [0.15, 0.2) is 0 Å². The predicted molar refractivity (Wildman–Crippen MR) is 111 cm³/mol. The Balaban J connectivity index is 2.06. The second kappa shape index (κ2) is 9.85. The van der Waals surface area contributed by atoms with Gasteiger partial charge in [0.05, 0.1) is 18.6 Å². The first-order valence-corrected chi connectivity index (χ1v) is 10.2. The molecule has 0 saturated carbocycles. The lowest BCUT2D eigenvalue weighted by atomic mass is 9.67. The molecular formula is C24H31NO3. The van der Waals surface area contributed by atoms with Crippen LogP contribution in [0.2, 0.25) is 0 Å². The molecule has 0 aromatic heterocycles. The van der Waals surface area contributed by atoms with Crippen molar-refractivity contribution in [3.8, 4) is 0 Å². The third-order valence-electron chi connectivity index (χ3n) is 5.73. The molecule has 4 heteroatoms. The Labute approximate surface area is 168 Å². The van der Waals surface area contributed by atoms with Gasteiger partial charge in [-0.2, -0.15) is 0 Å². The van der Waals surface area contributed by atoms with E-state index in [0.29, 0.717) is 0 Å². The molecule has 0 aliphatic carbocycles. The van der Waals surface area contributed by atoms with Gasteiger partial charge in [-0.1, -0.05) is 67.6 Å². The number of hydrogen-bond acceptors (Lipinski definition) is 4. The van der Waals surface area contributed by atoms with Gasteiger partial charge in [0.1, 0.15) is 6.10 Å². The number of hydrogen-bond donors (Lipinski definition) is 0. The standard InChI is InChI=1S/C24H31NO3/c1-3-23(28-20(2)26)24(21-10-6-4-7-11-21,22-12-8-5-9-13-22)14-15-25-16-18-27-19-17-25/h4-13,23H,3,14-19H2,1-2H3/t23-/m0/s1. The predicted octanol–water partition coefficient (Wildman–Crippen LogP) is 4.04. The number of ether oxygens (including phenoxy) is 2. The van der Waals surface area contributed by atoms with Gasteiger partial charge in [-0.25, -0.2) is 0 Å². The maximum absolute atomic E-state index is 12.0. The molecule has 28 heavy (non-hydrogen) atoms. The lowest BCUT2D eigenvalue weighted by molar-refractivity contribution is -0.149. The van der Waals surface area contributed by atoms with Crippen molar-refractivity contribution in [1.82, 2.24) is 4.90 Å². The van der Waals surface area contributed by atoms with Gasteiger partial charge >= 0.3 is 5.97 Å². The highest BCUT2D eigenvalue weighted by Gasteiger charge is 2.43. The second-order valence-corrected chi connectivity index (χ2v) is 7.41. The summed E-state index contributed by atoms with van der Waals surface area (Å²) in [6, 6.07) is 21.0. The molecular weight excluding hydrogens is 350 g/mol. The van der Waals surface area contributed by atoms with Crippen molar-refractivity contribution < 1.29 is 14.3 Å². The molecule has 0 N–H and O–H groups in total. The third kappa shape index (κ3) is 4.62. The van der Waals surface area contributed by atoms with Gasteiger partial charge in [0, 0.05) is 20.0 Å². The number of rotatable bonds is 8. The molecule has 2 aromatic rings. The van der Waals surface area contributed by atoms with Crippen LogP contribution >= 0.6 is 0 Å². The van der Waals surface area contributed by atoms with Crippen LogP contribution in [0.5, 0.6) is 0 Å². The number of carbonyl (C=O) groups is 1. The second-order valence-electron chi connectivity index (χ2n) is 7.41. The van der Waals surface area contributed by atoms with Gasteiger partial charge in [-0.15, -0.1) is 0 Å². The smallest absolute Gasteiger partial charge is 0.302 e. The quantitative estimate of drug-likeness (QED) is 0.647. The molecule has 150 valence electrons. The molecule has 1 fully saturated rings. The van der Waals surface area contributed by atoms with Crippen LogP contribution in [0.25, 0.3) is 0 Å². The lowest BCUT2D eigenvalue weighted by Crippen LogP contribution is -2.47. The summed E-state index contributed by atoms with van der Waals surface area (Å²) in [6.07, 6.45) is 1.41. The number of esters is 1. The Hall–Kier alpha value is -2.17. The maximum atomic E-state index is 12.0. The minimum atomic E-state index is -0.388. The van der Waals surface area contributed by atoms with Gasteiger partial charge in [0.2, 0.25) is 0 Å². The number of nitrogens with zero attached hydrogens (tertiary/aromatic N) is 1. The average molecular weight is 382 g/mol. The van der Waals surface area contributed by atoms with Gasteiger partial charge in [0.25, 0.3) is 0 Å². The van der Waals surface area contributed by atoms with Crippen molar-refractivity contribution in [2.24, 2.45) is 0 Å². The van der Waals surface area contributed by atoms with Gasteiger partial charge < -0.3 is 9.47 Å². The zero-order chi connectivity index (χ0) is 19.8. The summed E-state index contributed by atoms with van der Waals surface area (Å²) in [5.74, 6) is -0.227. The molecule has 1 heterocycles. The normalized spacial score (nSPS) is 16.5. The molecule has 4 nitrogen and oxygen atoms in total. The van der Waals surface area contributed by atoms with E-state index in [4.69, 9.17) is 9.47 Å². The Kier molecular flexibility index (Phi) is 7.24. The van der Waals surface area contributed by atoms with Crippen LogP contribution in [0.15, 0.2) is 60.7 Å². The summed E-state index contributed by atoms with van der Waals surface area (Å²) < 4.78 is 11.4. The van der Waals surface area contributed by atoms with E-state index < -0.39 is 0 Å². The van der Waals surface area contributed by atoms with Crippen LogP contribution in [0.4, 0.5) is 0 Å². The molecule has 3 rings (SSSR count). The van der Waals surface area contributed by atoms with E-state index in [1.807, 2.05) is 12.1 Å². The molecule has 2 aromatic carbocycles. The first kappa shape index (κ1) is 20.6. The van der Waals surface area contributed by atoms with Crippen LogP contribution in [0, 0.1) is 0 Å². The fourth-order valence-corrected chi connectivity index (χ4v) is 4.35. The number of morpholine rings is 1. The van der Waals surface area contributed by atoms with E-state index in [9.17, 15) is 4.79 Å². The van der Waals surface area contributed by atoms with Crippen LogP contribution < -0.4 is 0 Å². The summed E-state index contributed by atoms with van der Waals surface area (Å²) in [5.41, 5.74) is 2.01. The van der Waals surface area contributed by atoms with Crippen LogP contribution in [0.3, 0.4) is 0 Å². The molecule has 1 aliphatic heterocycles. The highest BCUT2D eigenvalue weighted by atomic mass is 16.5. The van der Waals surface area contributed by atoms with E-state index in [1.165, 1.54) is 18.1 Å². The van der Waals surface area contributed by atoms with Crippen LogP contribution in [0.1, 0.15) is 37.8 Å². The van der Waals surface area contributed by atoms with Crippen molar-refractivity contribution in [2.75, 3.05) is 32.8 Å². The van der Waals surface area contributed by atoms with Crippen LogP contribution in [-0.4, -0.2) is 49.8 Å². The summed E-state index contributed by atoms with van der Waals surface area (Å²) in [4.78, 5) is 14.4. The lowest BCUT2D eigenvalue weighted by Gasteiger charge is -2.42. The highest BCUT2D eigenvalue weighted by Crippen LogP contribution is 2.42. The molecule has 1 atom stereocenters. The minimum absolute atomic E-state index is 0.226. The minimum Gasteiger partial charge on any atom is -0.461 e. The summed E-state index contributed by atoms with van der Waals surface area (Å²) in [7, 11) is 0. The Morgan fingerprint density at radius 1 is 1.04 bits per heavy atom. The van der Waals surface area contributed by atoms with Crippen molar-refractivity contribution in [3.63, 3.8) is 0 Å². The Bertz CT molecular complexity index is 687. The first-order chi connectivity index (χ1) is 13.7. The molecule has 0 amide bonds. The number of benzene rings is 2. The number of carbonyl (C=O) groups excluding carboxylic acids is 1. The van der Waals surface area contributed by atoms with E-state index in [0.717, 1.165) is 45.7 Å². The van der Waals surface area contributed by atoms with Crippen molar-refractivity contribution in [2.45, 2.75) is 38.2 Å². The highest BCUT2D eigenvalue weighted by molar-refractivity contribution is 5.66. The zero-order valence-corrected chi connectivity index (χ0v) is 17.0. The average Bonchev–Trinajstić information content (AvgIpc) is 2.75. The molecule has 0 unspecified atom stereocenters. The van der Waals surface area contributed by atoms with E-state index >= 15 is 0 Å². The summed E-state index contributed by atoms with van der Waals surface area (Å²) >= 11 is 0. The summed E-state index contributed by atoms with van der Waals surface area (Å²) in [5, 5.41) is 0. The molecule has 1 aliphatic rings. The fourth-order valence-electron chi connectivity index (χ4n) is 4.35. The SMILES string of the molecule is CC[C@H](OC(C)=O)C(CCN1CCOCC1)(c1ccccc1)c1ccccc1. The third-order valence-corrected chi connectivity index (χ3v) is 5.73. The Morgan fingerprint density at radius 2 is 1.57 bits per heavy atom. The Morgan fingerprint density at radius 3 is 2.04 bits per heavy atom. The first-order valence-electron chi connectivity index (χ1n) is 10.2. The zero-order valence-electron chi connectivity index (χ0n) is 17.0. The molecule has 0 spiro atoms. The van der Waals surface area contributed by atoms with Crippen LogP contribution in [-0.2, 0) is 19.7 Å². The molecule has 0 bridgehead atoms. The molecule has 0 radical (unpaired) electrons. The van der Waals surface area contributed by atoms with Gasteiger partial charge in [-0.05, 0) is 30.5 Å². The van der Waals surface area contributed by atoms with Gasteiger partial charge in [-0.3, -0.25) is 9.69 Å². The van der Waals surface area contributed by atoms with Crippen molar-refractivity contribution in [1.29, 1.82) is 0 Å². The summed E-state index contributed by atoms with van der Waals surface area (Å²) in [6.45, 7) is 8.00. The van der Waals surface area contributed by atoms with Crippen molar-refractivity contribution >= 4 is 5.97 Å². The monoisotopic (exact) mass is 381 g/mol. The van der Waals surface area contributed by atoms with Crippen molar-refractivity contribution in [3.05, 3.63) is 71.8 Å². The van der Waals surface area contributed by atoms with E-state index in [2.05, 4.69) is 60.4 Å². The van der Waals surface area contributed by atoms with E-state index in [-0.39, 0.29) is 17.5 Å². The topological polar surface area (TPSA) is 38.8 Å². The fraction of sp³-hybridized carbons (Fsp3) is 0.458. The molecule has 1 saturated heterocycles. The van der Waals surface area contributed by atoms with E-state index in [1.54, 1.807) is 0 Å². The largest absolute Gasteiger partial charge is 0.461 e.